The number of hydrogen-bond donors (Lipinski definition) is 1. The van der Waals surface area contributed by atoms with Gasteiger partial charge in [0.25, 0.3) is 5.91 Å². The standard InChI is InChI=1S/C21H15ClFN5O2/c1-11-7-13(23)3-4-17(11)27-10-28(18-5-6-19(29)25-12(18)2)21(30)14-8-15(22)16(9-24)26-20(14)27/h3-8H,10H2,1-2H3,(H,25,29). The molecule has 3 aromatic rings. The first kappa shape index (κ1) is 19.6. The minimum absolute atomic E-state index is 0.0124. The molecule has 1 aliphatic rings. The van der Waals surface area contributed by atoms with Crippen molar-refractivity contribution >= 4 is 34.7 Å². The number of aromatic amines is 1. The first-order valence-corrected chi connectivity index (χ1v) is 9.34. The molecule has 1 aromatic carbocycles. The van der Waals surface area contributed by atoms with Crippen LogP contribution in [0, 0.1) is 31.0 Å². The highest BCUT2D eigenvalue weighted by Crippen LogP contribution is 2.38. The summed E-state index contributed by atoms with van der Waals surface area (Å²) in [5, 5.41) is 9.39. The van der Waals surface area contributed by atoms with Crippen molar-refractivity contribution in [2.45, 2.75) is 13.8 Å². The molecule has 1 aliphatic heterocycles. The number of carbonyl (C=O) groups excluding carboxylic acids is 1. The van der Waals surface area contributed by atoms with E-state index >= 15 is 0 Å². The zero-order valence-corrected chi connectivity index (χ0v) is 16.8. The van der Waals surface area contributed by atoms with E-state index in [1.165, 1.54) is 29.2 Å². The van der Waals surface area contributed by atoms with E-state index in [2.05, 4.69) is 9.97 Å². The predicted octanol–water partition coefficient (Wildman–Crippen LogP) is 3.81. The molecule has 0 saturated heterocycles. The highest BCUT2D eigenvalue weighted by molar-refractivity contribution is 6.32. The molecule has 2 aromatic heterocycles. The van der Waals surface area contributed by atoms with Gasteiger partial charge >= 0.3 is 0 Å². The zero-order valence-electron chi connectivity index (χ0n) is 16.0. The molecule has 9 heteroatoms. The maximum absolute atomic E-state index is 13.7. The van der Waals surface area contributed by atoms with Crippen LogP contribution in [0.25, 0.3) is 0 Å². The third kappa shape index (κ3) is 3.19. The summed E-state index contributed by atoms with van der Waals surface area (Å²) in [5.41, 5.74) is 2.18. The number of nitrogens with zero attached hydrogens (tertiary/aromatic N) is 4. The lowest BCUT2D eigenvalue weighted by atomic mass is 10.1. The molecule has 4 rings (SSSR count). The second kappa shape index (κ2) is 7.28. The lowest BCUT2D eigenvalue weighted by molar-refractivity contribution is 0.0982. The van der Waals surface area contributed by atoms with E-state index in [0.717, 1.165) is 0 Å². The first-order chi connectivity index (χ1) is 14.3. The quantitative estimate of drug-likeness (QED) is 0.676. The molecule has 0 fully saturated rings. The van der Waals surface area contributed by atoms with Crippen LogP contribution in [-0.4, -0.2) is 22.5 Å². The number of halogens is 2. The summed E-state index contributed by atoms with van der Waals surface area (Å²) in [6, 6.07) is 10.5. The summed E-state index contributed by atoms with van der Waals surface area (Å²) >= 11 is 6.15. The second-order valence-electron chi connectivity index (χ2n) is 6.87. The van der Waals surface area contributed by atoms with Crippen LogP contribution >= 0.6 is 11.6 Å². The molecule has 0 bridgehead atoms. The van der Waals surface area contributed by atoms with Crippen LogP contribution in [-0.2, 0) is 0 Å². The fourth-order valence-corrected chi connectivity index (χ4v) is 3.69. The van der Waals surface area contributed by atoms with Gasteiger partial charge in [0.1, 0.15) is 24.4 Å². The van der Waals surface area contributed by atoms with Gasteiger partial charge in [0.15, 0.2) is 5.69 Å². The minimum atomic E-state index is -0.389. The minimum Gasteiger partial charge on any atom is -0.324 e. The number of anilines is 3. The number of amides is 1. The van der Waals surface area contributed by atoms with Crippen LogP contribution in [0.1, 0.15) is 27.3 Å². The van der Waals surface area contributed by atoms with Crippen molar-refractivity contribution in [2.24, 2.45) is 0 Å². The molecule has 0 radical (unpaired) electrons. The number of carbonyl (C=O) groups is 1. The monoisotopic (exact) mass is 423 g/mol. The maximum Gasteiger partial charge on any atom is 0.263 e. The van der Waals surface area contributed by atoms with Gasteiger partial charge in [0.2, 0.25) is 5.56 Å². The van der Waals surface area contributed by atoms with Gasteiger partial charge < -0.3 is 9.88 Å². The largest absolute Gasteiger partial charge is 0.324 e. The van der Waals surface area contributed by atoms with Crippen LogP contribution in [0.5, 0.6) is 0 Å². The summed E-state index contributed by atoms with van der Waals surface area (Å²) in [4.78, 5) is 35.1. The van der Waals surface area contributed by atoms with Gasteiger partial charge in [-0.3, -0.25) is 14.5 Å². The number of nitrogens with one attached hydrogen (secondary N) is 1. The van der Waals surface area contributed by atoms with E-state index < -0.39 is 0 Å². The molecule has 1 amide bonds. The molecule has 150 valence electrons. The average molecular weight is 424 g/mol. The van der Waals surface area contributed by atoms with Crippen LogP contribution in [0.2, 0.25) is 5.02 Å². The number of aromatic nitrogens is 2. The Balaban J connectivity index is 1.95. The number of H-pyrrole nitrogens is 1. The Bertz CT molecular complexity index is 1300. The van der Waals surface area contributed by atoms with Crippen LogP contribution in [0.4, 0.5) is 21.6 Å². The maximum atomic E-state index is 13.7. The Morgan fingerprint density at radius 1 is 1.13 bits per heavy atom. The molecule has 30 heavy (non-hydrogen) atoms. The fourth-order valence-electron chi connectivity index (χ4n) is 3.50. The Morgan fingerprint density at radius 3 is 2.53 bits per heavy atom. The Labute approximate surface area is 176 Å². The second-order valence-corrected chi connectivity index (χ2v) is 7.28. The van der Waals surface area contributed by atoms with E-state index in [0.29, 0.717) is 22.6 Å². The van der Waals surface area contributed by atoms with Crippen molar-refractivity contribution in [1.29, 1.82) is 5.26 Å². The predicted molar refractivity (Wildman–Crippen MR) is 111 cm³/mol. The Hall–Kier alpha value is -3.70. The number of nitriles is 1. The van der Waals surface area contributed by atoms with Crippen molar-refractivity contribution in [1.82, 2.24) is 9.97 Å². The van der Waals surface area contributed by atoms with Crippen LogP contribution in [0.3, 0.4) is 0 Å². The van der Waals surface area contributed by atoms with Gasteiger partial charge in [-0.05, 0) is 49.7 Å². The molecule has 7 nitrogen and oxygen atoms in total. The molecule has 0 spiro atoms. The summed E-state index contributed by atoms with van der Waals surface area (Å²) in [6.07, 6.45) is 0. The van der Waals surface area contributed by atoms with Crippen molar-refractivity contribution < 1.29 is 9.18 Å². The number of hydrogen-bond acceptors (Lipinski definition) is 5. The summed E-state index contributed by atoms with van der Waals surface area (Å²) < 4.78 is 13.7. The fraction of sp³-hybridized carbons (Fsp3) is 0.143. The molecule has 0 unspecified atom stereocenters. The van der Waals surface area contributed by atoms with Crippen LogP contribution in [0.15, 0.2) is 41.2 Å². The lowest BCUT2D eigenvalue weighted by Gasteiger charge is -2.38. The molecule has 3 heterocycles. The van der Waals surface area contributed by atoms with Crippen molar-refractivity contribution in [3.63, 3.8) is 0 Å². The Morgan fingerprint density at radius 2 is 1.87 bits per heavy atom. The molecule has 0 aliphatic carbocycles. The number of pyridine rings is 2. The average Bonchev–Trinajstić information content (AvgIpc) is 2.69. The van der Waals surface area contributed by atoms with E-state index in [1.54, 1.807) is 30.9 Å². The van der Waals surface area contributed by atoms with Gasteiger partial charge in [-0.15, -0.1) is 0 Å². The van der Waals surface area contributed by atoms with Crippen molar-refractivity contribution in [3.8, 4) is 6.07 Å². The van der Waals surface area contributed by atoms with E-state index in [9.17, 15) is 19.2 Å². The SMILES string of the molecule is Cc1cc(F)ccc1N1CN(c2ccc(=O)[nH]c2C)C(=O)c2cc(Cl)c(C#N)nc21. The van der Waals surface area contributed by atoms with Crippen molar-refractivity contribution in [3.05, 3.63) is 80.1 Å². The van der Waals surface area contributed by atoms with Gasteiger partial charge in [0, 0.05) is 17.4 Å². The Kier molecular flexibility index (Phi) is 4.76. The number of benzene rings is 1. The number of rotatable bonds is 2. The molecule has 0 saturated carbocycles. The van der Waals surface area contributed by atoms with E-state index in [1.807, 2.05) is 6.07 Å². The zero-order chi connectivity index (χ0) is 21.6. The van der Waals surface area contributed by atoms with E-state index in [4.69, 9.17) is 11.6 Å². The first-order valence-electron chi connectivity index (χ1n) is 8.96. The molecular formula is C21H15ClFN5O2. The smallest absolute Gasteiger partial charge is 0.263 e. The molecule has 0 atom stereocenters. The normalized spacial score (nSPS) is 13.2. The number of aryl methyl sites for hydroxylation is 2. The van der Waals surface area contributed by atoms with Gasteiger partial charge in [0.05, 0.1) is 16.3 Å². The van der Waals surface area contributed by atoms with E-state index in [-0.39, 0.29) is 46.1 Å². The molecule has 1 N–H and O–H groups in total. The lowest BCUT2D eigenvalue weighted by Crippen LogP contribution is -2.46. The summed E-state index contributed by atoms with van der Waals surface area (Å²) in [5.74, 6) is -0.510. The third-order valence-corrected chi connectivity index (χ3v) is 5.19. The van der Waals surface area contributed by atoms with Gasteiger partial charge in [-0.2, -0.15) is 5.26 Å². The van der Waals surface area contributed by atoms with Crippen molar-refractivity contribution in [2.75, 3.05) is 16.5 Å². The third-order valence-electron chi connectivity index (χ3n) is 4.90. The number of fused-ring (bicyclic) bond motifs is 1. The highest BCUT2D eigenvalue weighted by atomic mass is 35.5. The summed E-state index contributed by atoms with van der Waals surface area (Å²) in [6.45, 7) is 3.48. The van der Waals surface area contributed by atoms with Gasteiger partial charge in [-0.25, -0.2) is 9.37 Å². The summed E-state index contributed by atoms with van der Waals surface area (Å²) in [7, 11) is 0. The topological polar surface area (TPSA) is 93.1 Å². The van der Waals surface area contributed by atoms with Gasteiger partial charge in [-0.1, -0.05) is 11.6 Å². The van der Waals surface area contributed by atoms with Crippen LogP contribution < -0.4 is 15.4 Å². The molecular weight excluding hydrogens is 409 g/mol. The highest BCUT2D eigenvalue weighted by Gasteiger charge is 2.34.